The van der Waals surface area contributed by atoms with Crippen LogP contribution in [-0.2, 0) is 11.1 Å². The minimum Gasteiger partial charge on any atom is -1.00 e. The molecule has 1 unspecified atom stereocenters. The van der Waals surface area contributed by atoms with E-state index in [2.05, 4.69) is 0 Å². The van der Waals surface area contributed by atoms with Gasteiger partial charge in [-0.1, -0.05) is 13.3 Å². The zero-order chi connectivity index (χ0) is 5.70. The fraction of sp³-hybridized carbons (Fsp3) is 1.00. The molecular formula is C4H11LiO2S. The second-order valence-corrected chi connectivity index (χ2v) is 2.43. The largest absolute Gasteiger partial charge is 1.00 e. The summed E-state index contributed by atoms with van der Waals surface area (Å²) in [4.78, 5) is 0. The first-order chi connectivity index (χ1) is 3.27. The molecule has 0 aromatic heterocycles. The van der Waals surface area contributed by atoms with Crippen molar-refractivity contribution in [3.63, 3.8) is 0 Å². The van der Waals surface area contributed by atoms with Crippen LogP contribution in [0, 0.1) is 0 Å². The van der Waals surface area contributed by atoms with Gasteiger partial charge in [0.1, 0.15) is 0 Å². The van der Waals surface area contributed by atoms with E-state index in [1.807, 2.05) is 6.92 Å². The van der Waals surface area contributed by atoms with Gasteiger partial charge in [-0.3, -0.25) is 0 Å². The summed E-state index contributed by atoms with van der Waals surface area (Å²) in [6.07, 6.45) is 1.84. The van der Waals surface area contributed by atoms with E-state index in [1.54, 1.807) is 0 Å². The first-order valence-corrected chi connectivity index (χ1v) is 3.62. The SMILES string of the molecule is CCCCS(=O)O.[H-].[Li+]. The van der Waals surface area contributed by atoms with E-state index in [1.165, 1.54) is 0 Å². The van der Waals surface area contributed by atoms with Crippen LogP contribution < -0.4 is 18.9 Å². The van der Waals surface area contributed by atoms with Crippen molar-refractivity contribution in [2.45, 2.75) is 19.8 Å². The van der Waals surface area contributed by atoms with E-state index < -0.39 is 11.1 Å². The summed E-state index contributed by atoms with van der Waals surface area (Å²) < 4.78 is 18.0. The third-order valence-corrected chi connectivity index (χ3v) is 1.31. The summed E-state index contributed by atoms with van der Waals surface area (Å²) in [5.74, 6) is 0.427. The monoisotopic (exact) mass is 130 g/mol. The van der Waals surface area contributed by atoms with E-state index in [0.717, 1.165) is 12.8 Å². The van der Waals surface area contributed by atoms with E-state index in [0.29, 0.717) is 5.75 Å². The molecule has 0 saturated carbocycles. The van der Waals surface area contributed by atoms with E-state index >= 15 is 0 Å². The molecule has 1 N–H and O–H groups in total. The van der Waals surface area contributed by atoms with Crippen LogP contribution in [0.2, 0.25) is 0 Å². The van der Waals surface area contributed by atoms with Gasteiger partial charge in [0.05, 0.1) is 0 Å². The van der Waals surface area contributed by atoms with Crippen molar-refractivity contribution < 1.29 is 29.0 Å². The molecule has 0 aliphatic rings. The predicted octanol–water partition coefficient (Wildman–Crippen LogP) is -1.88. The smallest absolute Gasteiger partial charge is 1.00 e. The first kappa shape index (κ1) is 11.5. The van der Waals surface area contributed by atoms with E-state index in [4.69, 9.17) is 4.55 Å². The number of hydrogen-bond donors (Lipinski definition) is 1. The summed E-state index contributed by atoms with van der Waals surface area (Å²) in [5, 5.41) is 0. The van der Waals surface area contributed by atoms with Crippen molar-refractivity contribution in [3.05, 3.63) is 0 Å². The minimum atomic E-state index is -1.57. The summed E-state index contributed by atoms with van der Waals surface area (Å²) in [6.45, 7) is 1.99. The maximum atomic E-state index is 9.87. The fourth-order valence-corrected chi connectivity index (χ4v) is 0.803. The summed E-state index contributed by atoms with van der Waals surface area (Å²) >= 11 is -1.57. The van der Waals surface area contributed by atoms with Crippen molar-refractivity contribution in [1.82, 2.24) is 0 Å². The molecule has 0 saturated heterocycles. The van der Waals surface area contributed by atoms with Gasteiger partial charge in [0.2, 0.25) is 0 Å². The van der Waals surface area contributed by atoms with Crippen molar-refractivity contribution >= 4 is 11.1 Å². The molecule has 0 aliphatic carbocycles. The molecule has 8 heavy (non-hydrogen) atoms. The zero-order valence-electron chi connectivity index (χ0n) is 6.39. The average molecular weight is 130 g/mol. The minimum absolute atomic E-state index is 0. The molecule has 0 aromatic carbocycles. The van der Waals surface area contributed by atoms with Gasteiger partial charge in [-0.15, -0.1) is 0 Å². The molecule has 0 aliphatic heterocycles. The molecule has 0 fully saturated rings. The molecule has 0 heterocycles. The summed E-state index contributed by atoms with van der Waals surface area (Å²) in [6, 6.07) is 0. The Bertz CT molecular complexity index is 71.6. The van der Waals surface area contributed by atoms with Gasteiger partial charge in [0.25, 0.3) is 0 Å². The normalized spacial score (nSPS) is 12.2. The maximum Gasteiger partial charge on any atom is 1.00 e. The van der Waals surface area contributed by atoms with Crippen LogP contribution in [0.3, 0.4) is 0 Å². The van der Waals surface area contributed by atoms with Crippen molar-refractivity contribution in [1.29, 1.82) is 0 Å². The Morgan fingerprint density at radius 3 is 2.38 bits per heavy atom. The van der Waals surface area contributed by atoms with Gasteiger partial charge in [-0.2, -0.15) is 0 Å². The van der Waals surface area contributed by atoms with Crippen LogP contribution in [0.1, 0.15) is 21.2 Å². The standard InChI is InChI=1S/C4H10O2S.Li.H/c1-2-3-4-7(5)6;;/h2-4H2,1H3,(H,5,6);;/q;+1;-1. The number of hydrogen-bond acceptors (Lipinski definition) is 1. The summed E-state index contributed by atoms with van der Waals surface area (Å²) in [7, 11) is 0. The maximum absolute atomic E-state index is 9.87. The van der Waals surface area contributed by atoms with Gasteiger partial charge < -0.3 is 5.98 Å². The van der Waals surface area contributed by atoms with Crippen molar-refractivity contribution in [3.8, 4) is 0 Å². The molecule has 0 spiro atoms. The molecular weight excluding hydrogens is 119 g/mol. The molecule has 0 amide bonds. The topological polar surface area (TPSA) is 37.3 Å². The average Bonchev–Trinajstić information content (AvgIpc) is 1.61. The second-order valence-electron chi connectivity index (χ2n) is 1.38. The van der Waals surface area contributed by atoms with Gasteiger partial charge in [0, 0.05) is 5.75 Å². The predicted molar refractivity (Wildman–Crippen MR) is 31.7 cm³/mol. The second kappa shape index (κ2) is 7.71. The van der Waals surface area contributed by atoms with Gasteiger partial charge >= 0.3 is 18.9 Å². The third-order valence-electron chi connectivity index (χ3n) is 0.673. The Morgan fingerprint density at radius 1 is 1.75 bits per heavy atom. The van der Waals surface area contributed by atoms with E-state index in [9.17, 15) is 4.21 Å². The summed E-state index contributed by atoms with van der Waals surface area (Å²) in [5.41, 5.74) is 0. The van der Waals surface area contributed by atoms with Crippen LogP contribution in [0.15, 0.2) is 0 Å². The quantitative estimate of drug-likeness (QED) is 0.359. The number of rotatable bonds is 3. The Kier molecular flexibility index (Phi) is 11.1. The molecule has 0 radical (unpaired) electrons. The Balaban J connectivity index is -0.000000180. The fourth-order valence-electron chi connectivity index (χ4n) is 0.268. The van der Waals surface area contributed by atoms with Crippen LogP contribution in [-0.4, -0.2) is 14.5 Å². The molecule has 4 heteroatoms. The van der Waals surface area contributed by atoms with Crippen LogP contribution in [0.25, 0.3) is 0 Å². The van der Waals surface area contributed by atoms with Gasteiger partial charge in [-0.05, 0) is 6.42 Å². The van der Waals surface area contributed by atoms with Crippen molar-refractivity contribution in [2.24, 2.45) is 0 Å². The molecule has 2 nitrogen and oxygen atoms in total. The van der Waals surface area contributed by atoms with E-state index in [-0.39, 0.29) is 20.3 Å². The van der Waals surface area contributed by atoms with Gasteiger partial charge in [0.15, 0.2) is 11.1 Å². The van der Waals surface area contributed by atoms with Crippen LogP contribution in [0.5, 0.6) is 0 Å². The Morgan fingerprint density at radius 2 is 2.25 bits per heavy atom. The van der Waals surface area contributed by atoms with Gasteiger partial charge in [-0.25, -0.2) is 4.21 Å². The molecule has 46 valence electrons. The van der Waals surface area contributed by atoms with Crippen molar-refractivity contribution in [2.75, 3.05) is 5.75 Å². The third kappa shape index (κ3) is 9.86. The Hall–Kier alpha value is 0.707. The number of unbranched alkanes of at least 4 members (excludes halogenated alkanes) is 1. The Labute approximate surface area is 66.0 Å². The van der Waals surface area contributed by atoms with Crippen LogP contribution >= 0.6 is 0 Å². The molecule has 0 bridgehead atoms. The molecule has 0 rings (SSSR count). The molecule has 1 atom stereocenters. The first-order valence-electron chi connectivity index (χ1n) is 2.35. The van der Waals surface area contributed by atoms with Crippen LogP contribution in [0.4, 0.5) is 0 Å². The molecule has 0 aromatic rings. The zero-order valence-corrected chi connectivity index (χ0v) is 6.20.